The molecule has 0 radical (unpaired) electrons. The Hall–Kier alpha value is -1.56. The van der Waals surface area contributed by atoms with Crippen molar-refractivity contribution < 1.29 is 13.2 Å². The lowest BCUT2D eigenvalue weighted by Gasteiger charge is -2.19. The van der Waals surface area contributed by atoms with Gasteiger partial charge in [0.1, 0.15) is 4.21 Å². The third-order valence-corrected chi connectivity index (χ3v) is 6.23. The van der Waals surface area contributed by atoms with Gasteiger partial charge in [0.05, 0.1) is 6.04 Å². The van der Waals surface area contributed by atoms with E-state index >= 15 is 0 Å². The molecule has 8 heteroatoms. The summed E-state index contributed by atoms with van der Waals surface area (Å²) in [5.41, 5.74) is 0. The maximum Gasteiger partial charge on any atom is 0.315 e. The molecule has 6 nitrogen and oxygen atoms in total. The molecule has 1 unspecified atom stereocenters. The second-order valence-electron chi connectivity index (χ2n) is 5.05. The zero-order valence-corrected chi connectivity index (χ0v) is 14.5. The normalized spacial score (nSPS) is 12.9. The van der Waals surface area contributed by atoms with Crippen molar-refractivity contribution in [3.8, 4) is 12.3 Å². The van der Waals surface area contributed by atoms with Crippen LogP contribution in [0.5, 0.6) is 0 Å². The van der Waals surface area contributed by atoms with Gasteiger partial charge in [-0.25, -0.2) is 13.2 Å². The van der Waals surface area contributed by atoms with E-state index in [0.29, 0.717) is 0 Å². The lowest BCUT2D eigenvalue weighted by molar-refractivity contribution is 0.236. The Morgan fingerprint density at radius 1 is 1.50 bits per heavy atom. The predicted octanol–water partition coefficient (Wildman–Crippen LogP) is 1.33. The lowest BCUT2D eigenvalue weighted by atomic mass is 10.1. The van der Waals surface area contributed by atoms with Crippen molar-refractivity contribution in [2.45, 2.75) is 24.1 Å². The van der Waals surface area contributed by atoms with Crippen LogP contribution in [0.4, 0.5) is 4.79 Å². The first-order valence-corrected chi connectivity index (χ1v) is 9.11. The molecule has 0 aliphatic carbocycles. The van der Waals surface area contributed by atoms with Gasteiger partial charge < -0.3 is 10.6 Å². The van der Waals surface area contributed by atoms with Gasteiger partial charge >= 0.3 is 6.03 Å². The number of hydrogen-bond donors (Lipinski definition) is 2. The number of nitrogens with zero attached hydrogens (tertiary/aromatic N) is 1. The van der Waals surface area contributed by atoms with Gasteiger partial charge in [-0.15, -0.1) is 17.8 Å². The fourth-order valence-corrected chi connectivity index (χ4v) is 3.98. The summed E-state index contributed by atoms with van der Waals surface area (Å²) in [5, 5.41) is 6.96. The zero-order valence-electron chi connectivity index (χ0n) is 12.9. The highest BCUT2D eigenvalue weighted by molar-refractivity contribution is 7.91. The molecule has 1 aromatic heterocycles. The Bertz CT molecular complexity index is 618. The van der Waals surface area contributed by atoms with Crippen LogP contribution in [0.1, 0.15) is 13.8 Å². The molecule has 0 bridgehead atoms. The summed E-state index contributed by atoms with van der Waals surface area (Å²) < 4.78 is 25.8. The molecule has 1 heterocycles. The summed E-state index contributed by atoms with van der Waals surface area (Å²) in [5.74, 6) is 2.62. The highest BCUT2D eigenvalue weighted by Gasteiger charge is 2.21. The molecule has 0 saturated carbocycles. The molecule has 0 aliphatic heterocycles. The van der Waals surface area contributed by atoms with Gasteiger partial charge in [-0.1, -0.05) is 25.8 Å². The highest BCUT2D eigenvalue weighted by atomic mass is 32.2. The summed E-state index contributed by atoms with van der Waals surface area (Å²) in [6.45, 7) is 4.19. The number of sulfonamides is 1. The SMILES string of the molecule is C#CC(NC(=O)NCCN(C)S(=O)(=O)c1cccs1)C(C)C. The van der Waals surface area contributed by atoms with Gasteiger partial charge in [0.25, 0.3) is 10.0 Å². The molecular weight excluding hydrogens is 322 g/mol. The van der Waals surface area contributed by atoms with E-state index < -0.39 is 16.1 Å². The van der Waals surface area contributed by atoms with Crippen molar-refractivity contribution in [1.82, 2.24) is 14.9 Å². The van der Waals surface area contributed by atoms with Crippen LogP contribution >= 0.6 is 11.3 Å². The quantitative estimate of drug-likeness (QED) is 0.733. The number of amides is 2. The van der Waals surface area contributed by atoms with Crippen LogP contribution in [0, 0.1) is 18.3 Å². The van der Waals surface area contributed by atoms with Crippen molar-refractivity contribution in [2.75, 3.05) is 20.1 Å². The first-order valence-electron chi connectivity index (χ1n) is 6.79. The van der Waals surface area contributed by atoms with Crippen LogP contribution in [-0.2, 0) is 10.0 Å². The smallest absolute Gasteiger partial charge is 0.315 e. The minimum absolute atomic E-state index is 0.123. The molecule has 2 N–H and O–H groups in total. The summed E-state index contributed by atoms with van der Waals surface area (Å²) in [4.78, 5) is 11.7. The van der Waals surface area contributed by atoms with E-state index in [1.807, 2.05) is 13.8 Å². The maximum atomic E-state index is 12.2. The summed E-state index contributed by atoms with van der Waals surface area (Å²) >= 11 is 1.16. The molecule has 122 valence electrons. The van der Waals surface area contributed by atoms with Gasteiger partial charge in [0, 0.05) is 20.1 Å². The predicted molar refractivity (Wildman–Crippen MR) is 88.1 cm³/mol. The monoisotopic (exact) mass is 343 g/mol. The Labute approximate surface area is 136 Å². The van der Waals surface area contributed by atoms with Crippen molar-refractivity contribution in [1.29, 1.82) is 0 Å². The maximum absolute atomic E-state index is 12.2. The topological polar surface area (TPSA) is 78.5 Å². The molecule has 1 aromatic rings. The number of carbonyl (C=O) groups is 1. The molecule has 1 atom stereocenters. The number of urea groups is 1. The van der Waals surface area contributed by atoms with Gasteiger partial charge in [-0.2, -0.15) is 4.31 Å². The molecule has 0 spiro atoms. The molecule has 0 fully saturated rings. The van der Waals surface area contributed by atoms with E-state index in [4.69, 9.17) is 6.42 Å². The number of carbonyl (C=O) groups excluding carboxylic acids is 1. The molecule has 0 aliphatic rings. The van der Waals surface area contributed by atoms with Crippen molar-refractivity contribution >= 4 is 27.4 Å². The van der Waals surface area contributed by atoms with Crippen LogP contribution < -0.4 is 10.6 Å². The van der Waals surface area contributed by atoms with Crippen LogP contribution in [0.3, 0.4) is 0 Å². The third kappa shape index (κ3) is 5.02. The van der Waals surface area contributed by atoms with Gasteiger partial charge in [0.2, 0.25) is 0 Å². The molecule has 2 amide bonds. The highest BCUT2D eigenvalue weighted by Crippen LogP contribution is 2.19. The third-order valence-electron chi connectivity index (χ3n) is 3.00. The zero-order chi connectivity index (χ0) is 16.8. The summed E-state index contributed by atoms with van der Waals surface area (Å²) in [7, 11) is -2.01. The van der Waals surface area contributed by atoms with E-state index in [9.17, 15) is 13.2 Å². The Kier molecular flexibility index (Phi) is 6.87. The fourth-order valence-electron chi connectivity index (χ4n) is 1.60. The average molecular weight is 343 g/mol. The number of hydrogen-bond acceptors (Lipinski definition) is 4. The summed E-state index contributed by atoms with van der Waals surface area (Å²) in [6, 6.07) is 2.48. The molecule has 0 aromatic carbocycles. The van der Waals surface area contributed by atoms with E-state index in [0.717, 1.165) is 11.3 Å². The van der Waals surface area contributed by atoms with Gasteiger partial charge in [-0.05, 0) is 17.4 Å². The average Bonchev–Trinajstić information content (AvgIpc) is 2.99. The number of nitrogens with one attached hydrogen (secondary N) is 2. The van der Waals surface area contributed by atoms with E-state index in [-0.39, 0.29) is 29.3 Å². The molecule has 22 heavy (non-hydrogen) atoms. The Balaban J connectivity index is 2.44. The second kappa shape index (κ2) is 8.17. The molecular formula is C14H21N3O3S2. The largest absolute Gasteiger partial charge is 0.337 e. The fraction of sp³-hybridized carbons (Fsp3) is 0.500. The van der Waals surface area contributed by atoms with Crippen LogP contribution in [0.2, 0.25) is 0 Å². The van der Waals surface area contributed by atoms with Crippen LogP contribution in [0.15, 0.2) is 21.7 Å². The van der Waals surface area contributed by atoms with E-state index in [2.05, 4.69) is 16.6 Å². The molecule has 1 rings (SSSR count). The van der Waals surface area contributed by atoms with E-state index in [1.165, 1.54) is 11.4 Å². The lowest BCUT2D eigenvalue weighted by Crippen LogP contribution is -2.46. The second-order valence-corrected chi connectivity index (χ2v) is 8.27. The number of terminal acetylenes is 1. The van der Waals surface area contributed by atoms with Gasteiger partial charge in [0.15, 0.2) is 0 Å². The number of thiophene rings is 1. The molecule has 0 saturated heterocycles. The summed E-state index contributed by atoms with van der Waals surface area (Å²) in [6.07, 6.45) is 5.33. The number of likely N-dealkylation sites (N-methyl/N-ethyl adjacent to an activating group) is 1. The van der Waals surface area contributed by atoms with Gasteiger partial charge in [-0.3, -0.25) is 0 Å². The number of rotatable bonds is 7. The van der Waals surface area contributed by atoms with Crippen molar-refractivity contribution in [3.05, 3.63) is 17.5 Å². The van der Waals surface area contributed by atoms with Crippen LogP contribution in [-0.4, -0.2) is 44.9 Å². The first-order chi connectivity index (χ1) is 10.3. The van der Waals surface area contributed by atoms with Crippen LogP contribution in [0.25, 0.3) is 0 Å². The Morgan fingerprint density at radius 3 is 2.68 bits per heavy atom. The standard InChI is InChI=1S/C14H21N3O3S2/c1-5-12(11(2)3)16-14(18)15-8-9-17(4)22(19,20)13-7-6-10-21-13/h1,6-7,10-12H,8-9H2,2-4H3,(H2,15,16,18). The van der Waals surface area contributed by atoms with Crippen molar-refractivity contribution in [3.63, 3.8) is 0 Å². The Morgan fingerprint density at radius 2 is 2.18 bits per heavy atom. The van der Waals surface area contributed by atoms with Crippen molar-refractivity contribution in [2.24, 2.45) is 5.92 Å². The minimum Gasteiger partial charge on any atom is -0.337 e. The van der Waals surface area contributed by atoms with E-state index in [1.54, 1.807) is 17.5 Å². The first kappa shape index (κ1) is 18.5. The minimum atomic E-state index is -3.49.